The molecule has 0 aliphatic heterocycles. The molecule has 0 bridgehead atoms. The zero-order valence-corrected chi connectivity index (χ0v) is 20.7. The molecule has 2 aromatic heterocycles. The van der Waals surface area contributed by atoms with Gasteiger partial charge < -0.3 is 15.6 Å². The second-order valence-corrected chi connectivity index (χ2v) is 9.44. The normalized spacial score (nSPS) is 18.5. The molecule has 0 saturated heterocycles. The molecule has 2 heterocycles. The molecule has 1 saturated carbocycles. The van der Waals surface area contributed by atoms with E-state index in [-0.39, 0.29) is 36.3 Å². The van der Waals surface area contributed by atoms with Crippen LogP contribution in [0.25, 0.3) is 10.9 Å². The van der Waals surface area contributed by atoms with Crippen molar-refractivity contribution in [1.29, 1.82) is 0 Å². The zero-order chi connectivity index (χ0) is 23.3. The van der Waals surface area contributed by atoms with Crippen LogP contribution in [-0.4, -0.2) is 27.5 Å². The van der Waals surface area contributed by atoms with Crippen molar-refractivity contribution < 1.29 is 4.79 Å². The van der Waals surface area contributed by atoms with E-state index in [1.54, 1.807) is 6.20 Å². The Hall–Kier alpha value is -3.15. The lowest BCUT2D eigenvalue weighted by atomic mass is 9.88. The molecule has 1 atom stereocenters. The molecular weight excluding hydrogens is 456 g/mol. The Kier molecular flexibility index (Phi) is 8.21. The first-order valence-electron chi connectivity index (χ1n) is 12.2. The first-order chi connectivity index (χ1) is 16.7. The van der Waals surface area contributed by atoms with Crippen LogP contribution in [-0.2, 0) is 11.3 Å². The second kappa shape index (κ2) is 11.5. The molecule has 3 N–H and O–H groups in total. The fraction of sp³-hybridized carbons (Fsp3) is 0.310. The average molecular weight is 489 g/mol. The Morgan fingerprint density at radius 2 is 1.74 bits per heavy atom. The van der Waals surface area contributed by atoms with Crippen LogP contribution in [0.5, 0.6) is 0 Å². The molecule has 0 radical (unpaired) electrons. The number of para-hydroxylation sites is 1. The molecule has 0 spiro atoms. The largest absolute Gasteiger partial charge is 0.353 e. The van der Waals surface area contributed by atoms with Gasteiger partial charge in [-0.15, -0.1) is 12.4 Å². The van der Waals surface area contributed by atoms with Crippen LogP contribution in [0.3, 0.4) is 0 Å². The third kappa shape index (κ3) is 5.92. The van der Waals surface area contributed by atoms with Crippen LogP contribution < -0.4 is 11.1 Å². The van der Waals surface area contributed by atoms with E-state index < -0.39 is 0 Å². The van der Waals surface area contributed by atoms with Crippen LogP contribution in [0.15, 0.2) is 85.3 Å². The number of hydrogen-bond donors (Lipinski definition) is 2. The predicted octanol–water partition coefficient (Wildman–Crippen LogP) is 5.41. The number of carbonyl (C=O) groups excluding carboxylic acids is 1. The van der Waals surface area contributed by atoms with E-state index in [0.29, 0.717) is 6.42 Å². The van der Waals surface area contributed by atoms with Crippen molar-refractivity contribution in [2.24, 2.45) is 5.73 Å². The Morgan fingerprint density at radius 3 is 2.49 bits per heavy atom. The van der Waals surface area contributed by atoms with Gasteiger partial charge in [-0.3, -0.25) is 9.78 Å². The molecule has 182 valence electrons. The van der Waals surface area contributed by atoms with E-state index in [1.165, 1.54) is 22.0 Å². The van der Waals surface area contributed by atoms with Crippen LogP contribution in [0, 0.1) is 0 Å². The smallest absolute Gasteiger partial charge is 0.221 e. The van der Waals surface area contributed by atoms with Gasteiger partial charge in [0.15, 0.2) is 0 Å². The van der Waals surface area contributed by atoms with Crippen molar-refractivity contribution in [3.05, 3.63) is 102 Å². The number of fused-ring (bicyclic) bond motifs is 1. The molecule has 1 amide bonds. The standard InChI is InChI=1S/C29H32N4O.ClH/c30-23-12-14-24(15-13-23)32-29(34)17-26(22-9-6-16-31-18-22)27-20-33(19-21-7-2-1-3-8-21)28-11-5-4-10-25(27)28;/h1-11,16,18,20,23-24,26H,12-15,17,19,30H2,(H,32,34);1H. The number of aromatic nitrogens is 2. The van der Waals surface area contributed by atoms with Crippen LogP contribution >= 0.6 is 12.4 Å². The lowest BCUT2D eigenvalue weighted by Gasteiger charge is -2.27. The molecule has 1 aliphatic carbocycles. The van der Waals surface area contributed by atoms with Gasteiger partial charge in [-0.2, -0.15) is 0 Å². The third-order valence-electron chi connectivity index (χ3n) is 7.00. The van der Waals surface area contributed by atoms with Crippen molar-refractivity contribution in [3.63, 3.8) is 0 Å². The quantitative estimate of drug-likeness (QED) is 0.365. The van der Waals surface area contributed by atoms with E-state index in [9.17, 15) is 4.79 Å². The van der Waals surface area contributed by atoms with Gasteiger partial charge in [0.2, 0.25) is 5.91 Å². The summed E-state index contributed by atoms with van der Waals surface area (Å²) in [6, 6.07) is 23.5. The van der Waals surface area contributed by atoms with Gasteiger partial charge >= 0.3 is 0 Å². The topological polar surface area (TPSA) is 72.9 Å². The minimum Gasteiger partial charge on any atom is -0.353 e. The molecule has 2 aromatic carbocycles. The summed E-state index contributed by atoms with van der Waals surface area (Å²) >= 11 is 0. The molecule has 35 heavy (non-hydrogen) atoms. The maximum atomic E-state index is 13.2. The maximum absolute atomic E-state index is 13.2. The molecular formula is C29H33ClN4O. The van der Waals surface area contributed by atoms with E-state index in [1.807, 2.05) is 18.3 Å². The highest BCUT2D eigenvalue weighted by Crippen LogP contribution is 2.35. The third-order valence-corrected chi connectivity index (χ3v) is 7.00. The Bertz CT molecular complexity index is 1230. The minimum absolute atomic E-state index is 0. The van der Waals surface area contributed by atoms with E-state index in [0.717, 1.165) is 37.8 Å². The first kappa shape index (κ1) is 25.0. The molecule has 6 heteroatoms. The Balaban J connectivity index is 0.00000289. The number of halogens is 1. The number of benzene rings is 2. The SMILES string of the molecule is Cl.NC1CCC(NC(=O)CC(c2cccnc2)c2cn(Cc3ccccc3)c3ccccc23)CC1. The highest BCUT2D eigenvalue weighted by atomic mass is 35.5. The van der Waals surface area contributed by atoms with E-state index >= 15 is 0 Å². The monoisotopic (exact) mass is 488 g/mol. The summed E-state index contributed by atoms with van der Waals surface area (Å²) in [5.41, 5.74) is 10.7. The Labute approximate surface area is 213 Å². The van der Waals surface area contributed by atoms with Crippen LogP contribution in [0.1, 0.15) is 54.7 Å². The second-order valence-electron chi connectivity index (χ2n) is 9.44. The summed E-state index contributed by atoms with van der Waals surface area (Å²) < 4.78 is 2.30. The van der Waals surface area contributed by atoms with Gasteiger partial charge in [-0.05, 0) is 54.5 Å². The summed E-state index contributed by atoms with van der Waals surface area (Å²) in [5.74, 6) is 0.0238. The number of hydrogen-bond acceptors (Lipinski definition) is 3. The lowest BCUT2D eigenvalue weighted by molar-refractivity contribution is -0.122. The molecule has 4 aromatic rings. The number of rotatable bonds is 7. The van der Waals surface area contributed by atoms with E-state index in [2.05, 4.69) is 75.7 Å². The van der Waals surface area contributed by atoms with Crippen molar-refractivity contribution in [2.45, 2.75) is 56.7 Å². The highest BCUT2D eigenvalue weighted by Gasteiger charge is 2.25. The van der Waals surface area contributed by atoms with Gasteiger partial charge in [0.1, 0.15) is 0 Å². The average Bonchev–Trinajstić information content (AvgIpc) is 3.23. The minimum atomic E-state index is -0.0681. The number of nitrogens with zero attached hydrogens (tertiary/aromatic N) is 2. The summed E-state index contributed by atoms with van der Waals surface area (Å²) in [6.45, 7) is 0.787. The zero-order valence-electron chi connectivity index (χ0n) is 19.8. The van der Waals surface area contributed by atoms with Gasteiger partial charge in [0.25, 0.3) is 0 Å². The van der Waals surface area contributed by atoms with Crippen LogP contribution in [0.4, 0.5) is 0 Å². The fourth-order valence-corrected chi connectivity index (χ4v) is 5.19. The molecule has 1 unspecified atom stereocenters. The van der Waals surface area contributed by atoms with Crippen molar-refractivity contribution in [3.8, 4) is 0 Å². The molecule has 1 aliphatic rings. The molecule has 1 fully saturated rings. The fourth-order valence-electron chi connectivity index (χ4n) is 5.19. The van der Waals surface area contributed by atoms with Gasteiger partial charge in [-0.25, -0.2) is 0 Å². The number of amides is 1. The van der Waals surface area contributed by atoms with E-state index in [4.69, 9.17) is 5.73 Å². The predicted molar refractivity (Wildman–Crippen MR) is 144 cm³/mol. The summed E-state index contributed by atoms with van der Waals surface area (Å²) in [6.07, 6.45) is 10.2. The molecule has 5 nitrogen and oxygen atoms in total. The summed E-state index contributed by atoms with van der Waals surface area (Å²) in [4.78, 5) is 17.6. The summed E-state index contributed by atoms with van der Waals surface area (Å²) in [7, 11) is 0. The number of carbonyl (C=O) groups is 1. The Morgan fingerprint density at radius 1 is 1.00 bits per heavy atom. The van der Waals surface area contributed by atoms with Crippen LogP contribution in [0.2, 0.25) is 0 Å². The van der Waals surface area contributed by atoms with Gasteiger partial charge in [-0.1, -0.05) is 54.6 Å². The number of nitrogens with one attached hydrogen (secondary N) is 1. The van der Waals surface area contributed by atoms with Gasteiger partial charge in [0, 0.05) is 60.5 Å². The number of pyridine rings is 1. The highest BCUT2D eigenvalue weighted by molar-refractivity contribution is 5.87. The molecule has 5 rings (SSSR count). The lowest BCUT2D eigenvalue weighted by Crippen LogP contribution is -2.40. The summed E-state index contributed by atoms with van der Waals surface area (Å²) in [5, 5.41) is 4.47. The maximum Gasteiger partial charge on any atom is 0.221 e. The first-order valence-corrected chi connectivity index (χ1v) is 12.2. The van der Waals surface area contributed by atoms with Gasteiger partial charge in [0.05, 0.1) is 0 Å². The van der Waals surface area contributed by atoms with Crippen molar-refractivity contribution in [1.82, 2.24) is 14.9 Å². The van der Waals surface area contributed by atoms with Crippen molar-refractivity contribution in [2.75, 3.05) is 0 Å². The van der Waals surface area contributed by atoms with Crippen molar-refractivity contribution >= 4 is 29.2 Å². The number of nitrogens with two attached hydrogens (primary N) is 1.